The molecule has 1 rings (SSSR count). The van der Waals surface area contributed by atoms with Crippen molar-refractivity contribution in [1.29, 1.82) is 5.26 Å². The Morgan fingerprint density at radius 1 is 1.82 bits per heavy atom. The third-order valence-corrected chi connectivity index (χ3v) is 1.48. The topological polar surface area (TPSA) is 53.1 Å². The predicted molar refractivity (Wildman–Crippen MR) is 37.6 cm³/mol. The molecule has 0 aliphatic carbocycles. The minimum atomic E-state index is -0.671. The number of hydrogen-bond donors (Lipinski definition) is 0. The molecule has 60 valence electrons. The van der Waals surface area contributed by atoms with Crippen LogP contribution in [0.2, 0.25) is 0 Å². The highest BCUT2D eigenvalue weighted by molar-refractivity contribution is 5.79. The second kappa shape index (κ2) is 3.35. The third-order valence-electron chi connectivity index (χ3n) is 1.48. The second-order valence-corrected chi connectivity index (χ2v) is 2.32. The highest BCUT2D eigenvalue weighted by atomic mass is 16.5. The summed E-state index contributed by atoms with van der Waals surface area (Å²) in [5.41, 5.74) is 0. The zero-order chi connectivity index (χ0) is 8.27. The summed E-state index contributed by atoms with van der Waals surface area (Å²) in [4.78, 5) is 12.7. The number of nitriles is 1. The first-order chi connectivity index (χ1) is 5.29. The Labute approximate surface area is 65.4 Å². The molecule has 0 N–H and O–H groups in total. The lowest BCUT2D eigenvalue weighted by Crippen LogP contribution is -2.29. The van der Waals surface area contributed by atoms with E-state index in [0.717, 1.165) is 13.1 Å². The van der Waals surface area contributed by atoms with E-state index in [4.69, 9.17) is 10.00 Å². The highest BCUT2D eigenvalue weighted by Gasteiger charge is 2.33. The monoisotopic (exact) mass is 154 g/mol. The summed E-state index contributed by atoms with van der Waals surface area (Å²) >= 11 is 0. The van der Waals surface area contributed by atoms with Gasteiger partial charge in [-0.05, 0) is 6.92 Å². The molecule has 1 atom stereocenters. The Hall–Kier alpha value is -1.08. The van der Waals surface area contributed by atoms with E-state index in [1.54, 1.807) is 11.8 Å². The fourth-order valence-corrected chi connectivity index (χ4v) is 0.821. The van der Waals surface area contributed by atoms with Crippen molar-refractivity contribution in [3.8, 4) is 6.07 Å². The van der Waals surface area contributed by atoms with Crippen molar-refractivity contribution in [1.82, 2.24) is 4.90 Å². The van der Waals surface area contributed by atoms with Gasteiger partial charge >= 0.3 is 5.97 Å². The van der Waals surface area contributed by atoms with Crippen LogP contribution in [0.4, 0.5) is 0 Å². The van der Waals surface area contributed by atoms with Crippen molar-refractivity contribution < 1.29 is 9.53 Å². The average molecular weight is 154 g/mol. The van der Waals surface area contributed by atoms with Gasteiger partial charge in [-0.25, -0.2) is 4.79 Å². The van der Waals surface area contributed by atoms with Crippen LogP contribution in [0.15, 0.2) is 0 Å². The minimum Gasteiger partial charge on any atom is -0.464 e. The van der Waals surface area contributed by atoms with Crippen molar-refractivity contribution in [2.45, 2.75) is 13.0 Å². The summed E-state index contributed by atoms with van der Waals surface area (Å²) in [6.07, 6.45) is 0. The van der Waals surface area contributed by atoms with Crippen LogP contribution >= 0.6 is 0 Å². The van der Waals surface area contributed by atoms with Gasteiger partial charge in [0, 0.05) is 13.1 Å². The number of nitrogens with zero attached hydrogens (tertiary/aromatic N) is 2. The zero-order valence-electron chi connectivity index (χ0n) is 6.41. The van der Waals surface area contributed by atoms with Crippen LogP contribution in [0.1, 0.15) is 6.92 Å². The Kier molecular flexibility index (Phi) is 2.44. The van der Waals surface area contributed by atoms with Gasteiger partial charge in [-0.2, -0.15) is 5.26 Å². The summed E-state index contributed by atoms with van der Waals surface area (Å²) in [7, 11) is 0. The van der Waals surface area contributed by atoms with Crippen LogP contribution in [0, 0.1) is 11.3 Å². The maximum atomic E-state index is 11.0. The number of esters is 1. The van der Waals surface area contributed by atoms with Gasteiger partial charge in [0.2, 0.25) is 0 Å². The predicted octanol–water partition coefficient (Wildman–Crippen LogP) is -0.243. The van der Waals surface area contributed by atoms with E-state index < -0.39 is 12.0 Å². The maximum absolute atomic E-state index is 11.0. The van der Waals surface area contributed by atoms with Crippen LogP contribution in [0.5, 0.6) is 0 Å². The van der Waals surface area contributed by atoms with E-state index in [0.29, 0.717) is 6.61 Å². The first kappa shape index (κ1) is 8.02. The smallest absolute Gasteiger partial charge is 0.338 e. The van der Waals surface area contributed by atoms with Crippen LogP contribution in [-0.4, -0.2) is 36.6 Å². The van der Waals surface area contributed by atoms with Gasteiger partial charge in [-0.3, -0.25) is 4.90 Å². The fraction of sp³-hybridized carbons (Fsp3) is 0.714. The van der Waals surface area contributed by atoms with E-state index in [9.17, 15) is 4.79 Å². The first-order valence-electron chi connectivity index (χ1n) is 3.60. The Balaban J connectivity index is 2.41. The van der Waals surface area contributed by atoms with Gasteiger partial charge in [0.15, 0.2) is 6.04 Å². The van der Waals surface area contributed by atoms with E-state index in [1.807, 2.05) is 6.07 Å². The van der Waals surface area contributed by atoms with Crippen LogP contribution in [0.25, 0.3) is 0 Å². The zero-order valence-corrected chi connectivity index (χ0v) is 6.41. The molecule has 1 aliphatic heterocycles. The summed E-state index contributed by atoms with van der Waals surface area (Å²) in [6, 6.07) is 1.23. The lowest BCUT2D eigenvalue weighted by atomic mass is 10.3. The SMILES string of the molecule is CCOC(=O)C(C#N)N1CC1. The Bertz CT molecular complexity index is 193. The highest BCUT2D eigenvalue weighted by Crippen LogP contribution is 2.10. The lowest BCUT2D eigenvalue weighted by Gasteiger charge is -2.07. The van der Waals surface area contributed by atoms with Gasteiger partial charge in [-0.15, -0.1) is 0 Å². The van der Waals surface area contributed by atoms with Crippen molar-refractivity contribution in [2.24, 2.45) is 0 Å². The van der Waals surface area contributed by atoms with Gasteiger partial charge < -0.3 is 4.74 Å². The van der Waals surface area contributed by atoms with E-state index in [-0.39, 0.29) is 0 Å². The van der Waals surface area contributed by atoms with Gasteiger partial charge in [-0.1, -0.05) is 0 Å². The first-order valence-corrected chi connectivity index (χ1v) is 3.60. The summed E-state index contributed by atoms with van der Waals surface area (Å²) in [6.45, 7) is 3.73. The molecular weight excluding hydrogens is 144 g/mol. The Morgan fingerprint density at radius 2 is 2.45 bits per heavy atom. The number of carbonyl (C=O) groups excluding carboxylic acids is 1. The van der Waals surface area contributed by atoms with Crippen molar-refractivity contribution in [2.75, 3.05) is 19.7 Å². The quantitative estimate of drug-likeness (QED) is 0.415. The molecule has 0 aromatic heterocycles. The molecular formula is C7H10N2O2. The van der Waals surface area contributed by atoms with Crippen LogP contribution in [0.3, 0.4) is 0 Å². The van der Waals surface area contributed by atoms with E-state index in [2.05, 4.69) is 0 Å². The normalized spacial score (nSPS) is 18.5. The van der Waals surface area contributed by atoms with Crippen molar-refractivity contribution in [3.05, 3.63) is 0 Å². The molecule has 0 bridgehead atoms. The standard InChI is InChI=1S/C7H10N2O2/c1-2-11-7(10)6(5-8)9-3-4-9/h6H,2-4H2,1H3. The van der Waals surface area contributed by atoms with Gasteiger partial charge in [0.1, 0.15) is 0 Å². The molecule has 1 unspecified atom stereocenters. The summed E-state index contributed by atoms with van der Waals surface area (Å²) in [5.74, 6) is -0.424. The van der Waals surface area contributed by atoms with Crippen molar-refractivity contribution >= 4 is 5.97 Å². The van der Waals surface area contributed by atoms with E-state index in [1.165, 1.54) is 0 Å². The number of rotatable bonds is 3. The largest absolute Gasteiger partial charge is 0.464 e. The van der Waals surface area contributed by atoms with Crippen molar-refractivity contribution in [3.63, 3.8) is 0 Å². The second-order valence-electron chi connectivity index (χ2n) is 2.32. The molecule has 1 fully saturated rings. The molecule has 1 heterocycles. The molecule has 1 saturated heterocycles. The number of hydrogen-bond acceptors (Lipinski definition) is 4. The molecule has 11 heavy (non-hydrogen) atoms. The molecule has 0 radical (unpaired) electrons. The fourth-order valence-electron chi connectivity index (χ4n) is 0.821. The summed E-state index contributed by atoms with van der Waals surface area (Å²) < 4.78 is 4.69. The van der Waals surface area contributed by atoms with Crippen LogP contribution < -0.4 is 0 Å². The summed E-state index contributed by atoms with van der Waals surface area (Å²) in [5, 5.41) is 8.54. The molecule has 0 saturated carbocycles. The Morgan fingerprint density at radius 3 is 2.82 bits per heavy atom. The molecule has 1 aliphatic rings. The average Bonchev–Trinajstić information content (AvgIpc) is 2.73. The molecule has 0 aromatic carbocycles. The third kappa shape index (κ3) is 1.92. The molecule has 0 aromatic rings. The van der Waals surface area contributed by atoms with Crippen LogP contribution in [-0.2, 0) is 9.53 Å². The lowest BCUT2D eigenvalue weighted by molar-refractivity contribution is -0.145. The minimum absolute atomic E-state index is 0.338. The maximum Gasteiger partial charge on any atom is 0.338 e. The number of carbonyl (C=O) groups is 1. The molecule has 4 heteroatoms. The molecule has 4 nitrogen and oxygen atoms in total. The molecule has 0 spiro atoms. The van der Waals surface area contributed by atoms with E-state index >= 15 is 0 Å². The van der Waals surface area contributed by atoms with Gasteiger partial charge in [0.05, 0.1) is 12.7 Å². The molecule has 0 amide bonds. The van der Waals surface area contributed by atoms with Gasteiger partial charge in [0.25, 0.3) is 0 Å². The number of ether oxygens (including phenoxy) is 1.